The highest BCUT2D eigenvalue weighted by atomic mass is 16.4. The second kappa shape index (κ2) is 10.1. The monoisotopic (exact) mass is 305 g/mol. The van der Waals surface area contributed by atoms with Crippen LogP contribution in [0.3, 0.4) is 0 Å². The van der Waals surface area contributed by atoms with Gasteiger partial charge in [0.05, 0.1) is 0 Å². The van der Waals surface area contributed by atoms with Crippen LogP contribution in [0, 0.1) is 0 Å². The van der Waals surface area contributed by atoms with E-state index in [9.17, 15) is 9.59 Å². The smallest absolute Gasteiger partial charge is 0.320 e. The fraction of sp³-hybridized carbons (Fsp3) is 0.556. The third-order valence-corrected chi connectivity index (χ3v) is 3.80. The fourth-order valence-corrected chi connectivity index (χ4v) is 2.34. The maximum atomic E-state index is 11.8. The summed E-state index contributed by atoms with van der Waals surface area (Å²) < 4.78 is 0. The molecule has 0 amide bonds. The number of carboxylic acid groups (broad SMARTS) is 1. The van der Waals surface area contributed by atoms with Crippen LogP contribution >= 0.6 is 0 Å². The van der Waals surface area contributed by atoms with Gasteiger partial charge >= 0.3 is 5.97 Å². The summed E-state index contributed by atoms with van der Waals surface area (Å²) in [6, 6.07) is 6.83. The molecule has 0 fully saturated rings. The molecule has 0 unspecified atom stereocenters. The maximum Gasteiger partial charge on any atom is 0.320 e. The SMILES string of the molecule is CCCCCCC(=O)CCc1ccc(C[C@H](N)C(=O)O)cc1. The lowest BCUT2D eigenvalue weighted by Gasteiger charge is -2.07. The van der Waals surface area contributed by atoms with Crippen LogP contribution in [0.5, 0.6) is 0 Å². The number of Topliss-reactive ketones (excluding diaryl/α,β-unsaturated/α-hetero) is 1. The van der Waals surface area contributed by atoms with Crippen molar-refractivity contribution >= 4 is 11.8 Å². The molecule has 0 heterocycles. The number of nitrogens with two attached hydrogens (primary N) is 1. The molecule has 0 bridgehead atoms. The second-order valence-electron chi connectivity index (χ2n) is 5.81. The van der Waals surface area contributed by atoms with Crippen LogP contribution in [-0.4, -0.2) is 22.9 Å². The highest BCUT2D eigenvalue weighted by molar-refractivity contribution is 5.78. The summed E-state index contributed by atoms with van der Waals surface area (Å²) in [4.78, 5) is 22.5. The van der Waals surface area contributed by atoms with Gasteiger partial charge < -0.3 is 10.8 Å². The number of carbonyl (C=O) groups excluding carboxylic acids is 1. The summed E-state index contributed by atoms with van der Waals surface area (Å²) in [6.07, 6.45) is 6.87. The highest BCUT2D eigenvalue weighted by Gasteiger charge is 2.11. The van der Waals surface area contributed by atoms with E-state index in [2.05, 4.69) is 6.92 Å². The molecule has 4 nitrogen and oxygen atoms in total. The van der Waals surface area contributed by atoms with Gasteiger partial charge in [0.2, 0.25) is 0 Å². The van der Waals surface area contributed by atoms with Gasteiger partial charge in [-0.05, 0) is 30.4 Å². The number of ketones is 1. The lowest BCUT2D eigenvalue weighted by atomic mass is 10.0. The van der Waals surface area contributed by atoms with E-state index in [4.69, 9.17) is 10.8 Å². The molecule has 0 saturated heterocycles. The predicted octanol–water partition coefficient (Wildman–Crippen LogP) is 3.11. The summed E-state index contributed by atoms with van der Waals surface area (Å²) in [5.41, 5.74) is 7.52. The van der Waals surface area contributed by atoms with Gasteiger partial charge in [-0.3, -0.25) is 9.59 Å². The number of benzene rings is 1. The molecular formula is C18H27NO3. The molecule has 22 heavy (non-hydrogen) atoms. The van der Waals surface area contributed by atoms with Gasteiger partial charge in [-0.2, -0.15) is 0 Å². The first-order chi connectivity index (χ1) is 10.5. The Balaban J connectivity index is 2.32. The minimum atomic E-state index is -0.988. The Kier molecular flexibility index (Phi) is 8.44. The van der Waals surface area contributed by atoms with Gasteiger partial charge in [-0.15, -0.1) is 0 Å². The fourth-order valence-electron chi connectivity index (χ4n) is 2.34. The van der Waals surface area contributed by atoms with Crippen molar-refractivity contribution in [3.63, 3.8) is 0 Å². The van der Waals surface area contributed by atoms with Crippen molar-refractivity contribution in [2.75, 3.05) is 0 Å². The van der Waals surface area contributed by atoms with Gasteiger partial charge in [0, 0.05) is 12.8 Å². The quantitative estimate of drug-likeness (QED) is 0.616. The summed E-state index contributed by atoms with van der Waals surface area (Å²) in [7, 11) is 0. The van der Waals surface area contributed by atoms with E-state index >= 15 is 0 Å². The molecule has 1 rings (SSSR count). The van der Waals surface area contributed by atoms with Crippen molar-refractivity contribution in [2.24, 2.45) is 5.73 Å². The standard InChI is InChI=1S/C18H27NO3/c1-2-3-4-5-6-16(20)12-11-14-7-9-15(10-8-14)13-17(19)18(21)22/h7-10,17H,2-6,11-13,19H2,1H3,(H,21,22)/t17-/m0/s1. The van der Waals surface area contributed by atoms with Crippen LogP contribution < -0.4 is 5.73 Å². The molecule has 4 heteroatoms. The zero-order valence-electron chi connectivity index (χ0n) is 13.4. The van der Waals surface area contributed by atoms with Gasteiger partial charge in [-0.1, -0.05) is 50.5 Å². The highest BCUT2D eigenvalue weighted by Crippen LogP contribution is 2.11. The number of hydrogen-bond donors (Lipinski definition) is 2. The number of rotatable bonds is 11. The lowest BCUT2D eigenvalue weighted by Crippen LogP contribution is -2.32. The van der Waals surface area contributed by atoms with E-state index in [0.29, 0.717) is 25.0 Å². The summed E-state index contributed by atoms with van der Waals surface area (Å²) in [5.74, 6) is -0.661. The van der Waals surface area contributed by atoms with Crippen LogP contribution in [0.4, 0.5) is 0 Å². The van der Waals surface area contributed by atoms with Crippen molar-refractivity contribution in [3.8, 4) is 0 Å². The number of hydrogen-bond acceptors (Lipinski definition) is 3. The average Bonchev–Trinajstić information content (AvgIpc) is 2.50. The Hall–Kier alpha value is -1.68. The Labute approximate surface area is 132 Å². The van der Waals surface area contributed by atoms with Crippen molar-refractivity contribution < 1.29 is 14.7 Å². The van der Waals surface area contributed by atoms with Gasteiger partial charge in [-0.25, -0.2) is 0 Å². The number of aliphatic carboxylic acids is 1. The Morgan fingerprint density at radius 3 is 2.27 bits per heavy atom. The van der Waals surface area contributed by atoms with Gasteiger partial charge in [0.15, 0.2) is 0 Å². The second-order valence-corrected chi connectivity index (χ2v) is 5.81. The zero-order chi connectivity index (χ0) is 16.4. The van der Waals surface area contributed by atoms with Crippen LogP contribution in [0.15, 0.2) is 24.3 Å². The molecule has 122 valence electrons. The average molecular weight is 305 g/mol. The molecule has 0 aromatic heterocycles. The number of aryl methyl sites for hydroxylation is 1. The molecule has 0 saturated carbocycles. The topological polar surface area (TPSA) is 80.4 Å². The van der Waals surface area contributed by atoms with Crippen molar-refractivity contribution in [2.45, 2.75) is 64.3 Å². The van der Waals surface area contributed by atoms with Gasteiger partial charge in [0.25, 0.3) is 0 Å². The third kappa shape index (κ3) is 7.36. The lowest BCUT2D eigenvalue weighted by molar-refractivity contribution is -0.138. The summed E-state index contributed by atoms with van der Waals surface area (Å²) in [6.45, 7) is 2.16. The molecule has 0 aliphatic heterocycles. The molecule has 3 N–H and O–H groups in total. The van der Waals surface area contributed by atoms with E-state index in [1.165, 1.54) is 12.8 Å². The molecular weight excluding hydrogens is 278 g/mol. The van der Waals surface area contributed by atoms with Crippen LogP contribution in [-0.2, 0) is 22.4 Å². The molecule has 0 aliphatic rings. The van der Waals surface area contributed by atoms with E-state index in [1.54, 1.807) is 0 Å². The largest absolute Gasteiger partial charge is 0.480 e. The summed E-state index contributed by atoms with van der Waals surface area (Å²) >= 11 is 0. The van der Waals surface area contributed by atoms with E-state index in [0.717, 1.165) is 30.4 Å². The molecule has 0 radical (unpaired) electrons. The first kappa shape index (κ1) is 18.4. The number of carbonyl (C=O) groups is 2. The van der Waals surface area contributed by atoms with Crippen LogP contribution in [0.1, 0.15) is 56.6 Å². The van der Waals surface area contributed by atoms with Crippen molar-refractivity contribution in [1.82, 2.24) is 0 Å². The maximum absolute atomic E-state index is 11.8. The minimum absolute atomic E-state index is 0.325. The first-order valence-corrected chi connectivity index (χ1v) is 8.10. The number of carboxylic acids is 1. The molecule has 1 atom stereocenters. The molecule has 0 aliphatic carbocycles. The van der Waals surface area contributed by atoms with Crippen molar-refractivity contribution in [1.29, 1.82) is 0 Å². The Morgan fingerprint density at radius 2 is 1.68 bits per heavy atom. The minimum Gasteiger partial charge on any atom is -0.480 e. The number of unbranched alkanes of at least 4 members (excludes halogenated alkanes) is 3. The predicted molar refractivity (Wildman–Crippen MR) is 87.8 cm³/mol. The summed E-state index contributed by atoms with van der Waals surface area (Å²) in [5, 5.41) is 8.79. The van der Waals surface area contributed by atoms with Crippen LogP contribution in [0.2, 0.25) is 0 Å². The first-order valence-electron chi connectivity index (χ1n) is 8.10. The van der Waals surface area contributed by atoms with E-state index in [-0.39, 0.29) is 0 Å². The van der Waals surface area contributed by atoms with Crippen LogP contribution in [0.25, 0.3) is 0 Å². The van der Waals surface area contributed by atoms with E-state index in [1.807, 2.05) is 24.3 Å². The Morgan fingerprint density at radius 1 is 1.05 bits per heavy atom. The van der Waals surface area contributed by atoms with Crippen molar-refractivity contribution in [3.05, 3.63) is 35.4 Å². The Bertz CT molecular complexity index is 468. The molecule has 1 aromatic rings. The molecule has 0 spiro atoms. The normalized spacial score (nSPS) is 12.1. The zero-order valence-corrected chi connectivity index (χ0v) is 13.4. The van der Waals surface area contributed by atoms with E-state index < -0.39 is 12.0 Å². The van der Waals surface area contributed by atoms with Gasteiger partial charge in [0.1, 0.15) is 11.8 Å². The third-order valence-electron chi connectivity index (χ3n) is 3.80. The molecule has 1 aromatic carbocycles.